The number of benzene rings is 1. The zero-order valence-corrected chi connectivity index (χ0v) is 9.54. The molecule has 1 aliphatic heterocycles. The largest absolute Gasteiger partial charge is 0.326 e. The summed E-state index contributed by atoms with van der Waals surface area (Å²) in [5, 5.41) is 4.09. The monoisotopic (exact) mass is 233 g/mol. The van der Waals surface area contributed by atoms with Gasteiger partial charge in [0, 0.05) is 30.2 Å². The molecule has 0 unspecified atom stereocenters. The number of imidazole rings is 1. The number of halogens is 1. The molecule has 1 aliphatic rings. The maximum Gasteiger partial charge on any atom is 0.140 e. The van der Waals surface area contributed by atoms with Crippen LogP contribution in [0.1, 0.15) is 5.69 Å². The number of rotatable bonds is 1. The van der Waals surface area contributed by atoms with Gasteiger partial charge in [0.15, 0.2) is 0 Å². The van der Waals surface area contributed by atoms with Crippen molar-refractivity contribution in [1.29, 1.82) is 0 Å². The fourth-order valence-corrected chi connectivity index (χ4v) is 2.16. The molecule has 3 nitrogen and oxygen atoms in total. The molecule has 1 aromatic carbocycles. The molecule has 2 heterocycles. The number of hydrogen-bond acceptors (Lipinski definition) is 2. The highest BCUT2D eigenvalue weighted by atomic mass is 35.5. The van der Waals surface area contributed by atoms with Crippen molar-refractivity contribution in [1.82, 2.24) is 14.9 Å². The van der Waals surface area contributed by atoms with E-state index in [1.165, 1.54) is 5.69 Å². The number of nitrogens with zero attached hydrogens (tertiary/aromatic N) is 2. The molecule has 0 saturated carbocycles. The van der Waals surface area contributed by atoms with E-state index in [1.54, 1.807) is 0 Å². The molecular weight excluding hydrogens is 222 g/mol. The number of fused-ring (bicyclic) bond motifs is 1. The van der Waals surface area contributed by atoms with Crippen LogP contribution in [0.25, 0.3) is 11.4 Å². The zero-order chi connectivity index (χ0) is 11.0. The van der Waals surface area contributed by atoms with Crippen LogP contribution in [0, 0.1) is 0 Å². The van der Waals surface area contributed by atoms with Gasteiger partial charge in [-0.3, -0.25) is 0 Å². The molecule has 0 amide bonds. The van der Waals surface area contributed by atoms with Crippen molar-refractivity contribution in [2.24, 2.45) is 0 Å². The summed E-state index contributed by atoms with van der Waals surface area (Å²) >= 11 is 5.88. The Hall–Kier alpha value is -1.32. The van der Waals surface area contributed by atoms with E-state index in [2.05, 4.69) is 14.9 Å². The molecule has 2 aromatic rings. The van der Waals surface area contributed by atoms with Crippen molar-refractivity contribution in [2.75, 3.05) is 6.54 Å². The standard InChI is InChI=1S/C12H12ClN3/c13-10-3-1-9(2-4-10)12-15-8-11-7-14-5-6-16(11)12/h1-4,8,14H,5-7H2. The summed E-state index contributed by atoms with van der Waals surface area (Å²) in [5.74, 6) is 1.04. The van der Waals surface area contributed by atoms with Crippen LogP contribution in [0.15, 0.2) is 30.5 Å². The van der Waals surface area contributed by atoms with E-state index < -0.39 is 0 Å². The molecule has 1 N–H and O–H groups in total. The lowest BCUT2D eigenvalue weighted by atomic mass is 10.2. The Kier molecular flexibility index (Phi) is 2.42. The van der Waals surface area contributed by atoms with E-state index in [4.69, 9.17) is 11.6 Å². The minimum Gasteiger partial charge on any atom is -0.326 e. The van der Waals surface area contributed by atoms with Crippen molar-refractivity contribution in [2.45, 2.75) is 13.1 Å². The molecule has 0 bridgehead atoms. The molecule has 0 saturated heterocycles. The molecule has 82 valence electrons. The van der Waals surface area contributed by atoms with Crippen molar-refractivity contribution < 1.29 is 0 Å². The second-order valence-corrected chi connectivity index (χ2v) is 4.34. The molecule has 3 rings (SSSR count). The lowest BCUT2D eigenvalue weighted by Crippen LogP contribution is -2.27. The number of aromatic nitrogens is 2. The van der Waals surface area contributed by atoms with Crippen molar-refractivity contribution in [3.63, 3.8) is 0 Å². The molecule has 0 atom stereocenters. The summed E-state index contributed by atoms with van der Waals surface area (Å²) in [5.41, 5.74) is 2.37. The average Bonchev–Trinajstić information content (AvgIpc) is 2.74. The molecule has 0 spiro atoms. The first kappa shape index (κ1) is 9.87. The van der Waals surface area contributed by atoms with Gasteiger partial charge < -0.3 is 9.88 Å². The van der Waals surface area contributed by atoms with Gasteiger partial charge in [0.2, 0.25) is 0 Å². The Morgan fingerprint density at radius 1 is 1.25 bits per heavy atom. The maximum absolute atomic E-state index is 5.88. The Morgan fingerprint density at radius 2 is 2.06 bits per heavy atom. The normalized spacial score (nSPS) is 14.8. The van der Waals surface area contributed by atoms with Gasteiger partial charge in [-0.2, -0.15) is 0 Å². The summed E-state index contributed by atoms with van der Waals surface area (Å²) < 4.78 is 2.26. The van der Waals surface area contributed by atoms with E-state index in [1.807, 2.05) is 30.5 Å². The van der Waals surface area contributed by atoms with Crippen molar-refractivity contribution >= 4 is 11.6 Å². The second kappa shape index (κ2) is 3.92. The van der Waals surface area contributed by atoms with Crippen molar-refractivity contribution in [3.8, 4) is 11.4 Å². The van der Waals surface area contributed by atoms with Gasteiger partial charge in [-0.15, -0.1) is 0 Å². The van der Waals surface area contributed by atoms with E-state index in [9.17, 15) is 0 Å². The highest BCUT2D eigenvalue weighted by molar-refractivity contribution is 6.30. The minimum absolute atomic E-state index is 0.760. The van der Waals surface area contributed by atoms with Crippen LogP contribution in [0.2, 0.25) is 5.02 Å². The Morgan fingerprint density at radius 3 is 2.88 bits per heavy atom. The van der Waals surface area contributed by atoms with Crippen LogP contribution in [-0.2, 0) is 13.1 Å². The third kappa shape index (κ3) is 1.62. The minimum atomic E-state index is 0.760. The Balaban J connectivity index is 2.06. The van der Waals surface area contributed by atoms with E-state index in [0.29, 0.717) is 0 Å². The van der Waals surface area contributed by atoms with E-state index in [-0.39, 0.29) is 0 Å². The van der Waals surface area contributed by atoms with Crippen LogP contribution in [0.4, 0.5) is 0 Å². The quantitative estimate of drug-likeness (QED) is 0.819. The first-order valence-electron chi connectivity index (χ1n) is 5.35. The van der Waals surface area contributed by atoms with Gasteiger partial charge in [0.25, 0.3) is 0 Å². The topological polar surface area (TPSA) is 29.9 Å². The van der Waals surface area contributed by atoms with Gasteiger partial charge in [-0.05, 0) is 24.3 Å². The molecule has 16 heavy (non-hydrogen) atoms. The molecule has 1 aromatic heterocycles. The van der Waals surface area contributed by atoms with Crippen LogP contribution in [0.5, 0.6) is 0 Å². The Labute approximate surface area is 99.1 Å². The summed E-state index contributed by atoms with van der Waals surface area (Å²) in [6.07, 6.45) is 1.94. The van der Waals surface area contributed by atoms with Crippen LogP contribution in [0.3, 0.4) is 0 Å². The molecule has 4 heteroatoms. The van der Waals surface area contributed by atoms with Gasteiger partial charge >= 0.3 is 0 Å². The van der Waals surface area contributed by atoms with Gasteiger partial charge in [-0.25, -0.2) is 4.98 Å². The summed E-state index contributed by atoms with van der Waals surface area (Å²) in [7, 11) is 0. The predicted molar refractivity (Wildman–Crippen MR) is 64.4 cm³/mol. The SMILES string of the molecule is Clc1ccc(-c2ncc3n2CCNC3)cc1. The highest BCUT2D eigenvalue weighted by Crippen LogP contribution is 2.22. The average molecular weight is 234 g/mol. The molecule has 0 radical (unpaired) electrons. The first-order chi connectivity index (χ1) is 7.84. The smallest absolute Gasteiger partial charge is 0.140 e. The maximum atomic E-state index is 5.88. The number of hydrogen-bond donors (Lipinski definition) is 1. The zero-order valence-electron chi connectivity index (χ0n) is 8.78. The van der Waals surface area contributed by atoms with Crippen LogP contribution >= 0.6 is 11.6 Å². The molecule has 0 fully saturated rings. The number of nitrogens with one attached hydrogen (secondary N) is 1. The van der Waals surface area contributed by atoms with Crippen molar-refractivity contribution in [3.05, 3.63) is 41.2 Å². The molecular formula is C12H12ClN3. The second-order valence-electron chi connectivity index (χ2n) is 3.91. The summed E-state index contributed by atoms with van der Waals surface area (Å²) in [4.78, 5) is 4.48. The van der Waals surface area contributed by atoms with Gasteiger partial charge in [-0.1, -0.05) is 11.6 Å². The highest BCUT2D eigenvalue weighted by Gasteiger charge is 2.14. The fraction of sp³-hybridized carbons (Fsp3) is 0.250. The van der Waals surface area contributed by atoms with E-state index in [0.717, 1.165) is 36.0 Å². The summed E-state index contributed by atoms with van der Waals surface area (Å²) in [6, 6.07) is 7.83. The van der Waals surface area contributed by atoms with E-state index >= 15 is 0 Å². The van der Waals surface area contributed by atoms with Gasteiger partial charge in [0.1, 0.15) is 5.82 Å². The lowest BCUT2D eigenvalue weighted by Gasteiger charge is -2.17. The molecule has 0 aliphatic carbocycles. The lowest BCUT2D eigenvalue weighted by molar-refractivity contribution is 0.519. The predicted octanol–water partition coefficient (Wildman–Crippen LogP) is 2.31. The first-order valence-corrected chi connectivity index (χ1v) is 5.73. The van der Waals surface area contributed by atoms with Gasteiger partial charge in [0.05, 0.1) is 11.9 Å². The van der Waals surface area contributed by atoms with Crippen LogP contribution < -0.4 is 5.32 Å². The van der Waals surface area contributed by atoms with Crippen LogP contribution in [-0.4, -0.2) is 16.1 Å². The third-order valence-electron chi connectivity index (χ3n) is 2.86. The fourth-order valence-electron chi connectivity index (χ4n) is 2.04. The Bertz CT molecular complexity index is 501. The third-order valence-corrected chi connectivity index (χ3v) is 3.11. The summed E-state index contributed by atoms with van der Waals surface area (Å²) in [6.45, 7) is 2.89.